The largest absolute Gasteiger partial charge is 0.306 e. The number of rotatable bonds is 5. The maximum absolute atomic E-state index is 11.6. The number of benzene rings is 1. The van der Waals surface area contributed by atoms with E-state index in [2.05, 4.69) is 32.2 Å². The molecule has 0 radical (unpaired) electrons. The van der Waals surface area contributed by atoms with Crippen LogP contribution in [0.4, 0.5) is 0 Å². The molecule has 0 saturated heterocycles. The summed E-state index contributed by atoms with van der Waals surface area (Å²) in [5.41, 5.74) is 2.37. The summed E-state index contributed by atoms with van der Waals surface area (Å²) >= 11 is 1.79. The third kappa shape index (κ3) is 3.73. The summed E-state index contributed by atoms with van der Waals surface area (Å²) in [5.74, 6) is 0. The van der Waals surface area contributed by atoms with E-state index in [4.69, 9.17) is 0 Å². The van der Waals surface area contributed by atoms with E-state index in [0.717, 1.165) is 12.1 Å². The Labute approximate surface area is 130 Å². The van der Waals surface area contributed by atoms with E-state index < -0.39 is 9.84 Å². The predicted octanol–water partition coefficient (Wildman–Crippen LogP) is 3.47. The number of hydrogen-bond acceptors (Lipinski definition) is 4. The minimum atomic E-state index is -3.14. The molecule has 1 atom stereocenters. The molecular formula is C16H21NO2S2. The van der Waals surface area contributed by atoms with Gasteiger partial charge in [0.05, 0.1) is 10.9 Å². The van der Waals surface area contributed by atoms with E-state index in [1.807, 2.05) is 12.1 Å². The molecule has 1 N–H and O–H groups in total. The molecular weight excluding hydrogens is 302 g/mol. The third-order valence-electron chi connectivity index (χ3n) is 3.39. The SMILES string of the molecule is CCNC(c1ccc(S(C)(=O)=O)cc1)c1sc(C)cc1C. The van der Waals surface area contributed by atoms with Gasteiger partial charge in [-0.15, -0.1) is 11.3 Å². The number of nitrogens with one attached hydrogen (secondary N) is 1. The van der Waals surface area contributed by atoms with Crippen molar-refractivity contribution in [2.24, 2.45) is 0 Å². The van der Waals surface area contributed by atoms with Gasteiger partial charge in [-0.2, -0.15) is 0 Å². The molecule has 21 heavy (non-hydrogen) atoms. The smallest absolute Gasteiger partial charge is 0.175 e. The molecule has 1 unspecified atom stereocenters. The van der Waals surface area contributed by atoms with Gasteiger partial charge < -0.3 is 5.32 Å². The van der Waals surface area contributed by atoms with Crippen LogP contribution < -0.4 is 5.32 Å². The first-order valence-electron chi connectivity index (χ1n) is 6.93. The molecule has 0 aliphatic carbocycles. The van der Waals surface area contributed by atoms with Crippen LogP contribution in [0, 0.1) is 13.8 Å². The summed E-state index contributed by atoms with van der Waals surface area (Å²) in [5, 5.41) is 3.49. The Hall–Kier alpha value is -1.17. The molecule has 0 fully saturated rings. The highest BCUT2D eigenvalue weighted by molar-refractivity contribution is 7.90. The van der Waals surface area contributed by atoms with Gasteiger partial charge in [0.15, 0.2) is 9.84 Å². The molecule has 0 bridgehead atoms. The topological polar surface area (TPSA) is 46.2 Å². The van der Waals surface area contributed by atoms with Crippen molar-refractivity contribution in [2.75, 3.05) is 12.8 Å². The van der Waals surface area contributed by atoms with Gasteiger partial charge in [-0.05, 0) is 49.7 Å². The molecule has 1 aromatic carbocycles. The lowest BCUT2D eigenvalue weighted by molar-refractivity contribution is 0.601. The summed E-state index contributed by atoms with van der Waals surface area (Å²) in [6.45, 7) is 7.16. The molecule has 5 heteroatoms. The standard InChI is InChI=1S/C16H21NO2S2/c1-5-17-15(16-11(2)10-12(3)20-16)13-6-8-14(9-7-13)21(4,18)19/h6-10,15,17H,5H2,1-4H3. The van der Waals surface area contributed by atoms with Crippen LogP contribution >= 0.6 is 11.3 Å². The first-order valence-corrected chi connectivity index (χ1v) is 9.64. The van der Waals surface area contributed by atoms with E-state index in [1.54, 1.807) is 23.5 Å². The maximum atomic E-state index is 11.6. The van der Waals surface area contributed by atoms with Gasteiger partial charge in [-0.1, -0.05) is 19.1 Å². The number of thiophene rings is 1. The Morgan fingerprint density at radius 1 is 1.19 bits per heavy atom. The Morgan fingerprint density at radius 3 is 2.24 bits per heavy atom. The molecule has 0 saturated carbocycles. The van der Waals surface area contributed by atoms with E-state index in [-0.39, 0.29) is 6.04 Å². The summed E-state index contributed by atoms with van der Waals surface area (Å²) in [4.78, 5) is 2.94. The van der Waals surface area contributed by atoms with Crippen molar-refractivity contribution in [3.63, 3.8) is 0 Å². The second kappa shape index (κ2) is 6.30. The first kappa shape index (κ1) is 16.2. The molecule has 3 nitrogen and oxygen atoms in total. The van der Waals surface area contributed by atoms with Crippen molar-refractivity contribution in [1.82, 2.24) is 5.32 Å². The van der Waals surface area contributed by atoms with Crippen molar-refractivity contribution in [2.45, 2.75) is 31.7 Å². The average Bonchev–Trinajstić information content (AvgIpc) is 2.74. The van der Waals surface area contributed by atoms with E-state index in [9.17, 15) is 8.42 Å². The second-order valence-electron chi connectivity index (χ2n) is 5.24. The molecule has 0 amide bonds. The minimum absolute atomic E-state index is 0.113. The van der Waals surface area contributed by atoms with Gasteiger partial charge in [-0.3, -0.25) is 0 Å². The van der Waals surface area contributed by atoms with Crippen molar-refractivity contribution < 1.29 is 8.42 Å². The number of sulfone groups is 1. The summed E-state index contributed by atoms with van der Waals surface area (Å²) in [6, 6.07) is 9.48. The van der Waals surface area contributed by atoms with Crippen molar-refractivity contribution in [1.29, 1.82) is 0 Å². The van der Waals surface area contributed by atoms with Gasteiger partial charge in [0.2, 0.25) is 0 Å². The highest BCUT2D eigenvalue weighted by Gasteiger charge is 2.18. The average molecular weight is 323 g/mol. The molecule has 1 aromatic heterocycles. The van der Waals surface area contributed by atoms with Crippen molar-refractivity contribution in [3.05, 3.63) is 51.2 Å². The summed E-state index contributed by atoms with van der Waals surface area (Å²) in [7, 11) is -3.14. The first-order chi connectivity index (χ1) is 9.82. The Kier molecular flexibility index (Phi) is 4.86. The lowest BCUT2D eigenvalue weighted by atomic mass is 10.0. The zero-order chi connectivity index (χ0) is 15.6. The fourth-order valence-corrected chi connectivity index (χ4v) is 4.19. The van der Waals surface area contributed by atoms with Crippen LogP contribution in [0.1, 0.15) is 33.8 Å². The number of aryl methyl sites for hydroxylation is 2. The zero-order valence-corrected chi connectivity index (χ0v) is 14.4. The predicted molar refractivity (Wildman–Crippen MR) is 88.9 cm³/mol. The minimum Gasteiger partial charge on any atom is -0.306 e. The van der Waals surface area contributed by atoms with Crippen LogP contribution in [0.3, 0.4) is 0 Å². The summed E-state index contributed by atoms with van der Waals surface area (Å²) in [6.07, 6.45) is 1.23. The molecule has 2 rings (SSSR count). The number of hydrogen-bond donors (Lipinski definition) is 1. The quantitative estimate of drug-likeness (QED) is 0.916. The fraction of sp³-hybridized carbons (Fsp3) is 0.375. The van der Waals surface area contributed by atoms with Crippen LogP contribution in [0.25, 0.3) is 0 Å². The van der Waals surface area contributed by atoms with Crippen LogP contribution in [-0.2, 0) is 9.84 Å². The molecule has 2 aromatic rings. The third-order valence-corrected chi connectivity index (χ3v) is 5.74. The van der Waals surface area contributed by atoms with Crippen molar-refractivity contribution >= 4 is 21.2 Å². The van der Waals surface area contributed by atoms with Gasteiger partial charge in [-0.25, -0.2) is 8.42 Å². The van der Waals surface area contributed by atoms with Gasteiger partial charge in [0.25, 0.3) is 0 Å². The van der Waals surface area contributed by atoms with Crippen LogP contribution in [-0.4, -0.2) is 21.2 Å². The summed E-state index contributed by atoms with van der Waals surface area (Å²) < 4.78 is 23.1. The van der Waals surface area contributed by atoms with E-state index >= 15 is 0 Å². The monoisotopic (exact) mass is 323 g/mol. The molecule has 0 aliphatic heterocycles. The molecule has 0 spiro atoms. The second-order valence-corrected chi connectivity index (χ2v) is 8.54. The van der Waals surface area contributed by atoms with Gasteiger partial charge in [0, 0.05) is 16.0 Å². The Balaban J connectivity index is 2.41. The molecule has 1 heterocycles. The van der Waals surface area contributed by atoms with Crippen LogP contribution in [0.5, 0.6) is 0 Å². The maximum Gasteiger partial charge on any atom is 0.175 e. The van der Waals surface area contributed by atoms with Crippen molar-refractivity contribution in [3.8, 4) is 0 Å². The lowest BCUT2D eigenvalue weighted by Gasteiger charge is -2.18. The van der Waals surface area contributed by atoms with Crippen LogP contribution in [0.2, 0.25) is 0 Å². The molecule has 114 valence electrons. The van der Waals surface area contributed by atoms with Crippen LogP contribution in [0.15, 0.2) is 35.2 Å². The van der Waals surface area contributed by atoms with Gasteiger partial charge in [0.1, 0.15) is 0 Å². The van der Waals surface area contributed by atoms with E-state index in [0.29, 0.717) is 4.90 Å². The normalized spacial score (nSPS) is 13.3. The Bertz CT molecular complexity index is 715. The van der Waals surface area contributed by atoms with E-state index in [1.165, 1.54) is 21.6 Å². The highest BCUT2D eigenvalue weighted by atomic mass is 32.2. The fourth-order valence-electron chi connectivity index (χ4n) is 2.42. The Morgan fingerprint density at radius 2 is 1.81 bits per heavy atom. The zero-order valence-electron chi connectivity index (χ0n) is 12.8. The highest BCUT2D eigenvalue weighted by Crippen LogP contribution is 2.32. The molecule has 0 aliphatic rings. The lowest BCUT2D eigenvalue weighted by Crippen LogP contribution is -2.21. The van der Waals surface area contributed by atoms with Gasteiger partial charge >= 0.3 is 0 Å².